The van der Waals surface area contributed by atoms with Crippen LogP contribution >= 0.6 is 31.9 Å². The van der Waals surface area contributed by atoms with Crippen LogP contribution in [0.1, 0.15) is 18.1 Å². The number of carboxylic acid groups (broad SMARTS) is 1. The predicted molar refractivity (Wildman–Crippen MR) is 104 cm³/mol. The van der Waals surface area contributed by atoms with Crippen LogP contribution in [0.5, 0.6) is 5.75 Å². The number of carbonyl (C=O) groups is 2. The van der Waals surface area contributed by atoms with E-state index in [9.17, 15) is 14.7 Å². The maximum Gasteiger partial charge on any atom is 0.412 e. The second-order valence-corrected chi connectivity index (χ2v) is 7.04. The molecule has 3 N–H and O–H groups in total. The van der Waals surface area contributed by atoms with E-state index in [4.69, 9.17) is 9.84 Å². The number of halogens is 2. The zero-order valence-corrected chi connectivity index (χ0v) is 16.5. The van der Waals surface area contributed by atoms with E-state index in [1.165, 1.54) is 12.1 Å². The first-order chi connectivity index (χ1) is 12.3. The fraction of sp³-hybridized carbons (Fsp3) is 0.111. The van der Waals surface area contributed by atoms with Gasteiger partial charge in [0.1, 0.15) is 11.9 Å². The highest BCUT2D eigenvalue weighted by molar-refractivity contribution is 9.10. The molecule has 6 nitrogen and oxygen atoms in total. The first-order valence-electron chi connectivity index (χ1n) is 7.46. The van der Waals surface area contributed by atoms with E-state index < -0.39 is 18.2 Å². The molecule has 136 valence electrons. The highest BCUT2D eigenvalue weighted by atomic mass is 79.9. The summed E-state index contributed by atoms with van der Waals surface area (Å²) in [6, 6.07) is 11.6. The Balaban J connectivity index is 2.17. The van der Waals surface area contributed by atoms with Gasteiger partial charge in [0.25, 0.3) is 0 Å². The van der Waals surface area contributed by atoms with Crippen LogP contribution in [0, 0.1) is 0 Å². The Morgan fingerprint density at radius 3 is 2.42 bits per heavy atom. The summed E-state index contributed by atoms with van der Waals surface area (Å²) in [4.78, 5) is 22.9. The first kappa shape index (κ1) is 20.0. The molecule has 2 aromatic carbocycles. The van der Waals surface area contributed by atoms with Crippen molar-refractivity contribution in [3.63, 3.8) is 0 Å². The van der Waals surface area contributed by atoms with Gasteiger partial charge in [0.05, 0.1) is 0 Å². The van der Waals surface area contributed by atoms with Gasteiger partial charge in [0.2, 0.25) is 0 Å². The Morgan fingerprint density at radius 1 is 1.12 bits per heavy atom. The van der Waals surface area contributed by atoms with Crippen molar-refractivity contribution in [3.8, 4) is 5.75 Å². The molecule has 2 aromatic rings. The molecule has 0 aliphatic rings. The van der Waals surface area contributed by atoms with Gasteiger partial charge in [-0.25, -0.2) is 9.59 Å². The molecule has 0 spiro atoms. The van der Waals surface area contributed by atoms with E-state index in [-0.39, 0.29) is 12.2 Å². The summed E-state index contributed by atoms with van der Waals surface area (Å²) in [5, 5.41) is 21.4. The molecule has 0 saturated heterocycles. The lowest BCUT2D eigenvalue weighted by Crippen LogP contribution is -2.17. The molecule has 0 heterocycles. The van der Waals surface area contributed by atoms with E-state index in [0.29, 0.717) is 15.7 Å². The molecule has 8 heteroatoms. The topological polar surface area (TPSA) is 95.9 Å². The predicted octanol–water partition coefficient (Wildman–Crippen LogP) is 5.24. The van der Waals surface area contributed by atoms with Crippen molar-refractivity contribution < 1.29 is 24.5 Å². The van der Waals surface area contributed by atoms with Crippen LogP contribution in [0.4, 0.5) is 10.5 Å². The van der Waals surface area contributed by atoms with Crippen molar-refractivity contribution in [1.82, 2.24) is 0 Å². The number of anilines is 1. The molecule has 0 unspecified atom stereocenters. The lowest BCUT2D eigenvalue weighted by Gasteiger charge is -2.18. The number of rotatable bonds is 6. The van der Waals surface area contributed by atoms with E-state index >= 15 is 0 Å². The third kappa shape index (κ3) is 6.20. The van der Waals surface area contributed by atoms with Crippen LogP contribution in [-0.2, 0) is 9.53 Å². The van der Waals surface area contributed by atoms with Gasteiger partial charge in [-0.3, -0.25) is 5.32 Å². The lowest BCUT2D eigenvalue weighted by atomic mass is 10.1. The molecule has 0 aromatic heterocycles. The fourth-order valence-electron chi connectivity index (χ4n) is 2.12. The van der Waals surface area contributed by atoms with Crippen LogP contribution in [-0.4, -0.2) is 22.3 Å². The third-order valence-electron chi connectivity index (χ3n) is 3.29. The number of carboxylic acids is 1. The van der Waals surface area contributed by atoms with E-state index in [0.717, 1.165) is 10.5 Å². The standard InChI is InChI=1S/C18H15Br2NO5/c19-11-4-7-13(8-5-11)21-18(25)26-16(2-1-3-17(23)24)14-10-12(20)6-9-15(14)22/h1,3-10,16,22H,2H2,(H,21,25)(H,23,24)/b3-1+/t16-/m0/s1. The van der Waals surface area contributed by atoms with Crippen LogP contribution in [0.2, 0.25) is 0 Å². The van der Waals surface area contributed by atoms with Gasteiger partial charge in [0.15, 0.2) is 0 Å². The number of amides is 1. The molecule has 0 aliphatic carbocycles. The van der Waals surface area contributed by atoms with Crippen molar-refractivity contribution in [1.29, 1.82) is 0 Å². The zero-order valence-electron chi connectivity index (χ0n) is 13.4. The van der Waals surface area contributed by atoms with Crippen LogP contribution in [0.15, 0.2) is 63.6 Å². The van der Waals surface area contributed by atoms with Gasteiger partial charge in [-0.15, -0.1) is 0 Å². The highest BCUT2D eigenvalue weighted by Crippen LogP contribution is 2.32. The largest absolute Gasteiger partial charge is 0.508 e. The molecule has 2 rings (SSSR count). The smallest absolute Gasteiger partial charge is 0.412 e. The SMILES string of the molecule is O=C(O)/C=C/C[C@H](OC(=O)Nc1ccc(Br)cc1)c1cc(Br)ccc1O. The quantitative estimate of drug-likeness (QED) is 0.487. The van der Waals surface area contributed by atoms with Crippen molar-refractivity contribution in [3.05, 3.63) is 69.1 Å². The molecule has 1 amide bonds. The number of ether oxygens (including phenoxy) is 1. The number of nitrogens with one attached hydrogen (secondary N) is 1. The summed E-state index contributed by atoms with van der Waals surface area (Å²) < 4.78 is 6.96. The number of hydrogen-bond acceptors (Lipinski definition) is 4. The minimum atomic E-state index is -1.11. The molecule has 0 bridgehead atoms. The van der Waals surface area contributed by atoms with Gasteiger partial charge >= 0.3 is 12.1 Å². The Bertz CT molecular complexity index is 821. The average molecular weight is 485 g/mol. The second kappa shape index (κ2) is 9.40. The Labute approximate surface area is 166 Å². The summed E-state index contributed by atoms with van der Waals surface area (Å²) in [6.07, 6.45) is 0.821. The summed E-state index contributed by atoms with van der Waals surface area (Å²) in [7, 11) is 0. The van der Waals surface area contributed by atoms with Crippen molar-refractivity contribution >= 4 is 49.6 Å². The van der Waals surface area contributed by atoms with Gasteiger partial charge < -0.3 is 14.9 Å². The van der Waals surface area contributed by atoms with Gasteiger partial charge in [-0.05, 0) is 42.5 Å². The molecule has 0 saturated carbocycles. The van der Waals surface area contributed by atoms with E-state index in [1.807, 2.05) is 0 Å². The Hall–Kier alpha value is -2.32. The van der Waals surface area contributed by atoms with Gasteiger partial charge in [0, 0.05) is 32.7 Å². The van der Waals surface area contributed by atoms with Crippen molar-refractivity contribution in [2.45, 2.75) is 12.5 Å². The zero-order chi connectivity index (χ0) is 19.1. The molecular formula is C18H15Br2NO5. The number of phenols is 1. The molecule has 0 fully saturated rings. The number of phenolic OH excluding ortho intramolecular Hbond substituents is 1. The fourth-order valence-corrected chi connectivity index (χ4v) is 2.77. The number of benzene rings is 2. The minimum Gasteiger partial charge on any atom is -0.508 e. The number of aliphatic carboxylic acids is 1. The molecular weight excluding hydrogens is 470 g/mol. The van der Waals surface area contributed by atoms with Crippen molar-refractivity contribution in [2.24, 2.45) is 0 Å². The Kier molecular flexibility index (Phi) is 7.23. The lowest BCUT2D eigenvalue weighted by molar-refractivity contribution is -0.131. The molecule has 0 radical (unpaired) electrons. The first-order valence-corrected chi connectivity index (χ1v) is 9.05. The number of hydrogen-bond donors (Lipinski definition) is 3. The van der Waals surface area contributed by atoms with Gasteiger partial charge in [-0.2, -0.15) is 0 Å². The van der Waals surface area contributed by atoms with E-state index in [2.05, 4.69) is 37.2 Å². The second-order valence-electron chi connectivity index (χ2n) is 5.21. The average Bonchev–Trinajstić information content (AvgIpc) is 2.58. The summed E-state index contributed by atoms with van der Waals surface area (Å²) in [6.45, 7) is 0. The maximum atomic E-state index is 12.2. The molecule has 0 aliphatic heterocycles. The van der Waals surface area contributed by atoms with Crippen LogP contribution < -0.4 is 5.32 Å². The maximum absolute atomic E-state index is 12.2. The third-order valence-corrected chi connectivity index (χ3v) is 4.31. The number of aromatic hydroxyl groups is 1. The summed E-state index contributed by atoms with van der Waals surface area (Å²) in [5.74, 6) is -1.17. The monoisotopic (exact) mass is 483 g/mol. The molecule has 1 atom stereocenters. The minimum absolute atomic E-state index is 0.0571. The number of carbonyl (C=O) groups excluding carboxylic acids is 1. The van der Waals surface area contributed by atoms with Crippen LogP contribution in [0.3, 0.4) is 0 Å². The molecule has 26 heavy (non-hydrogen) atoms. The van der Waals surface area contributed by atoms with Crippen molar-refractivity contribution in [2.75, 3.05) is 5.32 Å². The summed E-state index contributed by atoms with van der Waals surface area (Å²) >= 11 is 6.60. The summed E-state index contributed by atoms with van der Waals surface area (Å²) in [5.41, 5.74) is 0.900. The van der Waals surface area contributed by atoms with E-state index in [1.54, 1.807) is 36.4 Å². The van der Waals surface area contributed by atoms with Gasteiger partial charge in [-0.1, -0.05) is 37.9 Å². The normalized spacial score (nSPS) is 11.9. The Morgan fingerprint density at radius 2 is 1.77 bits per heavy atom. The van der Waals surface area contributed by atoms with Crippen LogP contribution in [0.25, 0.3) is 0 Å². The highest BCUT2D eigenvalue weighted by Gasteiger charge is 2.20.